The molecular weight excluding hydrogens is 350 g/mol. The highest BCUT2D eigenvalue weighted by atomic mass is 32.2. The molecule has 1 amide bonds. The Kier molecular flexibility index (Phi) is 5.31. The molecule has 2 heterocycles. The summed E-state index contributed by atoms with van der Waals surface area (Å²) in [4.78, 5) is 23.6. The summed E-state index contributed by atoms with van der Waals surface area (Å²) in [5, 5.41) is 10.9. The normalized spacial score (nSPS) is 15.5. The van der Waals surface area contributed by atoms with Gasteiger partial charge in [0, 0.05) is 6.42 Å². The van der Waals surface area contributed by atoms with Crippen LogP contribution in [0.4, 0.5) is 5.13 Å². The molecule has 1 atom stereocenters. The van der Waals surface area contributed by atoms with Crippen LogP contribution >= 0.6 is 23.1 Å². The van der Waals surface area contributed by atoms with E-state index < -0.39 is 6.10 Å². The first-order valence-corrected chi connectivity index (χ1v) is 9.13. The Morgan fingerprint density at radius 3 is 3.04 bits per heavy atom. The van der Waals surface area contributed by atoms with Gasteiger partial charge in [0.2, 0.25) is 5.13 Å². The maximum absolute atomic E-state index is 12.3. The van der Waals surface area contributed by atoms with Crippen molar-refractivity contribution >= 4 is 40.1 Å². The van der Waals surface area contributed by atoms with E-state index in [1.54, 1.807) is 6.92 Å². The number of hydrogen-bond acceptors (Lipinski definition) is 8. The molecule has 1 aromatic carbocycles. The molecule has 1 N–H and O–H groups in total. The summed E-state index contributed by atoms with van der Waals surface area (Å²) < 4.78 is 11.1. The van der Waals surface area contributed by atoms with E-state index in [-0.39, 0.29) is 17.6 Å². The number of nitrogens with one attached hydrogen (secondary N) is 1. The highest BCUT2D eigenvalue weighted by Crippen LogP contribution is 2.30. The number of para-hydroxylation sites is 1. The first-order valence-electron chi connectivity index (χ1n) is 7.33. The quantitative estimate of drug-likeness (QED) is 0.476. The van der Waals surface area contributed by atoms with Gasteiger partial charge in [-0.1, -0.05) is 41.3 Å². The number of benzene rings is 1. The molecule has 0 saturated heterocycles. The highest BCUT2D eigenvalue weighted by Gasteiger charge is 2.29. The lowest BCUT2D eigenvalue weighted by Crippen LogP contribution is -2.31. The van der Waals surface area contributed by atoms with E-state index in [2.05, 4.69) is 15.5 Å². The summed E-state index contributed by atoms with van der Waals surface area (Å²) in [6.45, 7) is 2.10. The molecule has 1 aliphatic rings. The van der Waals surface area contributed by atoms with Gasteiger partial charge in [-0.05, 0) is 18.6 Å². The number of carbonyl (C=O) groups is 2. The van der Waals surface area contributed by atoms with Crippen LogP contribution in [0.15, 0.2) is 28.6 Å². The van der Waals surface area contributed by atoms with E-state index >= 15 is 0 Å². The predicted octanol–water partition coefficient (Wildman–Crippen LogP) is 2.14. The Balaban J connectivity index is 1.52. The van der Waals surface area contributed by atoms with E-state index in [1.165, 1.54) is 23.1 Å². The molecule has 24 heavy (non-hydrogen) atoms. The second-order valence-corrected chi connectivity index (χ2v) is 7.07. The van der Waals surface area contributed by atoms with Crippen molar-refractivity contribution in [2.45, 2.75) is 23.8 Å². The van der Waals surface area contributed by atoms with Crippen molar-refractivity contribution in [3.63, 3.8) is 0 Å². The summed E-state index contributed by atoms with van der Waals surface area (Å²) in [6, 6.07) is 7.58. The molecule has 1 aliphatic heterocycles. The molecule has 0 unspecified atom stereocenters. The minimum absolute atomic E-state index is 0.164. The summed E-state index contributed by atoms with van der Waals surface area (Å²) in [5.74, 6) is 0.336. The molecule has 0 radical (unpaired) electrons. The van der Waals surface area contributed by atoms with Crippen LogP contribution in [-0.4, -0.2) is 40.5 Å². The fourth-order valence-corrected chi connectivity index (χ4v) is 3.71. The Bertz CT molecular complexity index is 725. The number of thioether (sulfide) groups is 1. The average Bonchev–Trinajstić information content (AvgIpc) is 3.19. The van der Waals surface area contributed by atoms with Gasteiger partial charge >= 0.3 is 5.97 Å². The molecule has 0 spiro atoms. The summed E-state index contributed by atoms with van der Waals surface area (Å²) in [6.07, 6.45) is -0.0346. The largest absolute Gasteiger partial charge is 0.480 e. The van der Waals surface area contributed by atoms with E-state index in [0.29, 0.717) is 22.5 Å². The zero-order chi connectivity index (χ0) is 16.9. The lowest BCUT2D eigenvalue weighted by molar-refractivity contribution is -0.139. The third-order valence-electron chi connectivity index (χ3n) is 3.19. The maximum atomic E-state index is 12.3. The molecule has 3 rings (SSSR count). The number of carbonyl (C=O) groups excluding carboxylic acids is 2. The van der Waals surface area contributed by atoms with Gasteiger partial charge in [0.05, 0.1) is 12.4 Å². The van der Waals surface area contributed by atoms with Gasteiger partial charge in [0.15, 0.2) is 10.4 Å². The molecule has 0 fully saturated rings. The van der Waals surface area contributed by atoms with Crippen molar-refractivity contribution in [1.29, 1.82) is 0 Å². The number of aromatic nitrogens is 2. The van der Waals surface area contributed by atoms with Gasteiger partial charge in [-0.3, -0.25) is 14.9 Å². The van der Waals surface area contributed by atoms with Gasteiger partial charge in [0.1, 0.15) is 5.75 Å². The molecular formula is C15H15N3O4S2. The van der Waals surface area contributed by atoms with Crippen molar-refractivity contribution < 1.29 is 19.1 Å². The molecule has 0 bridgehead atoms. The Labute approximate surface area is 146 Å². The van der Waals surface area contributed by atoms with Crippen LogP contribution in [0.25, 0.3) is 0 Å². The third kappa shape index (κ3) is 4.04. The van der Waals surface area contributed by atoms with Crippen molar-refractivity contribution in [3.05, 3.63) is 29.8 Å². The first-order chi connectivity index (χ1) is 11.7. The number of esters is 1. The van der Waals surface area contributed by atoms with Crippen LogP contribution in [0.2, 0.25) is 0 Å². The number of nitrogens with zero attached hydrogens (tertiary/aromatic N) is 2. The van der Waals surface area contributed by atoms with Gasteiger partial charge in [-0.25, -0.2) is 0 Å². The molecule has 2 aromatic rings. The molecule has 0 saturated carbocycles. The number of ether oxygens (including phenoxy) is 2. The Morgan fingerprint density at radius 2 is 2.25 bits per heavy atom. The molecule has 1 aromatic heterocycles. The van der Waals surface area contributed by atoms with Gasteiger partial charge < -0.3 is 9.47 Å². The Hall–Kier alpha value is -2.13. The maximum Gasteiger partial charge on any atom is 0.316 e. The smallest absolute Gasteiger partial charge is 0.316 e. The third-order valence-corrected chi connectivity index (χ3v) is 5.14. The number of rotatable bonds is 6. The van der Waals surface area contributed by atoms with Crippen molar-refractivity contribution in [1.82, 2.24) is 10.2 Å². The molecule has 9 heteroatoms. The second kappa shape index (κ2) is 7.63. The molecule has 0 aliphatic carbocycles. The summed E-state index contributed by atoms with van der Waals surface area (Å²) in [5.41, 5.74) is 1.01. The van der Waals surface area contributed by atoms with Gasteiger partial charge in [-0.15, -0.1) is 10.2 Å². The van der Waals surface area contributed by atoms with Crippen LogP contribution in [0.5, 0.6) is 5.75 Å². The van der Waals surface area contributed by atoms with Crippen LogP contribution in [0.1, 0.15) is 12.5 Å². The van der Waals surface area contributed by atoms with E-state index in [4.69, 9.17) is 9.47 Å². The standard InChI is InChI=1S/C15H15N3O4S2/c1-2-21-12(19)8-23-15-18-17-14(24-15)16-13(20)11-7-9-5-3-4-6-10(9)22-11/h3-6,11H,2,7-8H2,1H3,(H,16,17,20)/t11-/m1/s1. The van der Waals surface area contributed by atoms with Crippen LogP contribution in [-0.2, 0) is 20.7 Å². The zero-order valence-electron chi connectivity index (χ0n) is 12.9. The van der Waals surface area contributed by atoms with Crippen molar-refractivity contribution in [2.24, 2.45) is 0 Å². The van der Waals surface area contributed by atoms with Crippen LogP contribution in [0, 0.1) is 0 Å². The van der Waals surface area contributed by atoms with Crippen molar-refractivity contribution in [3.8, 4) is 5.75 Å². The van der Waals surface area contributed by atoms with Crippen LogP contribution in [0.3, 0.4) is 0 Å². The SMILES string of the molecule is CCOC(=O)CSc1nnc(NC(=O)[C@H]2Cc3ccccc3O2)s1. The lowest BCUT2D eigenvalue weighted by Gasteiger charge is -2.08. The topological polar surface area (TPSA) is 90.4 Å². The van der Waals surface area contributed by atoms with Gasteiger partial charge in [0.25, 0.3) is 5.91 Å². The van der Waals surface area contributed by atoms with E-state index in [1.807, 2.05) is 24.3 Å². The molecule has 126 valence electrons. The first kappa shape index (κ1) is 16.7. The summed E-state index contributed by atoms with van der Waals surface area (Å²) >= 11 is 2.44. The number of anilines is 1. The predicted molar refractivity (Wildman–Crippen MR) is 90.5 cm³/mol. The highest BCUT2D eigenvalue weighted by molar-refractivity contribution is 8.01. The lowest BCUT2D eigenvalue weighted by atomic mass is 10.1. The average molecular weight is 365 g/mol. The second-order valence-electron chi connectivity index (χ2n) is 4.87. The van der Waals surface area contributed by atoms with Crippen molar-refractivity contribution in [2.75, 3.05) is 17.7 Å². The van der Waals surface area contributed by atoms with E-state index in [9.17, 15) is 9.59 Å². The Morgan fingerprint density at radius 1 is 1.42 bits per heavy atom. The fraction of sp³-hybridized carbons (Fsp3) is 0.333. The summed E-state index contributed by atoms with van der Waals surface area (Å²) in [7, 11) is 0. The minimum atomic E-state index is -0.568. The fourth-order valence-electron chi connectivity index (χ4n) is 2.16. The zero-order valence-corrected chi connectivity index (χ0v) is 14.5. The monoisotopic (exact) mass is 365 g/mol. The minimum Gasteiger partial charge on any atom is -0.480 e. The number of amides is 1. The number of fused-ring (bicyclic) bond motifs is 1. The van der Waals surface area contributed by atoms with Gasteiger partial charge in [-0.2, -0.15) is 0 Å². The molecule has 7 nitrogen and oxygen atoms in total. The van der Waals surface area contributed by atoms with E-state index in [0.717, 1.165) is 11.3 Å². The van der Waals surface area contributed by atoms with Crippen LogP contribution < -0.4 is 10.1 Å². The number of hydrogen-bond donors (Lipinski definition) is 1.